The van der Waals surface area contributed by atoms with Crippen LogP contribution in [0.1, 0.15) is 54.6 Å². The molecule has 1 fully saturated rings. The van der Waals surface area contributed by atoms with Crippen molar-refractivity contribution in [2.75, 3.05) is 5.32 Å². The Hall–Kier alpha value is -2.66. The maximum atomic E-state index is 12.3. The molecule has 0 aromatic heterocycles. The van der Waals surface area contributed by atoms with E-state index in [0.717, 1.165) is 24.8 Å². The summed E-state index contributed by atoms with van der Waals surface area (Å²) in [5, 5.41) is 5.95. The Morgan fingerprint density at radius 3 is 2.59 bits per heavy atom. The molecule has 5 heteroatoms. The Labute approximate surface area is 160 Å². The Kier molecular flexibility index (Phi) is 6.24. The monoisotopic (exact) mass is 365 g/mol. The number of rotatable bonds is 6. The van der Waals surface area contributed by atoms with Gasteiger partial charge in [0.1, 0.15) is 0 Å². The first-order valence-corrected chi connectivity index (χ1v) is 9.54. The quantitative estimate of drug-likeness (QED) is 0.731. The van der Waals surface area contributed by atoms with Crippen LogP contribution in [-0.4, -0.2) is 17.9 Å². The maximum Gasteiger partial charge on any atom is 0.255 e. The molecule has 27 heavy (non-hydrogen) atoms. The van der Waals surface area contributed by atoms with Gasteiger partial charge in [-0.2, -0.15) is 0 Å². The lowest BCUT2D eigenvalue weighted by atomic mass is 9.99. The van der Waals surface area contributed by atoms with Crippen molar-refractivity contribution in [3.05, 3.63) is 65.7 Å². The van der Waals surface area contributed by atoms with Crippen molar-refractivity contribution in [3.63, 3.8) is 0 Å². The number of nitrogens with two attached hydrogens (primary N) is 1. The lowest BCUT2D eigenvalue weighted by Crippen LogP contribution is -2.32. The molecule has 1 unspecified atom stereocenters. The van der Waals surface area contributed by atoms with Crippen LogP contribution in [0.2, 0.25) is 0 Å². The van der Waals surface area contributed by atoms with Crippen LogP contribution in [0.15, 0.2) is 54.6 Å². The number of nitrogens with one attached hydrogen (secondary N) is 2. The van der Waals surface area contributed by atoms with Crippen molar-refractivity contribution in [3.8, 4) is 0 Å². The molecule has 0 saturated heterocycles. The molecule has 0 aliphatic heterocycles. The zero-order chi connectivity index (χ0) is 19.2. The highest BCUT2D eigenvalue weighted by Gasteiger charge is 2.26. The van der Waals surface area contributed by atoms with Gasteiger partial charge in [-0.1, -0.05) is 36.8 Å². The van der Waals surface area contributed by atoms with Crippen LogP contribution in [0, 0.1) is 5.92 Å². The fourth-order valence-electron chi connectivity index (χ4n) is 3.62. The third-order valence-electron chi connectivity index (χ3n) is 5.22. The SMILES string of the molecule is CC(NC(=O)C[C@@H]1CCC[C@H]1N)c1cccc(NC(=O)c2ccccc2)c1. The van der Waals surface area contributed by atoms with Crippen molar-refractivity contribution in [2.24, 2.45) is 11.7 Å². The van der Waals surface area contributed by atoms with Gasteiger partial charge in [0, 0.05) is 23.7 Å². The third kappa shape index (κ3) is 5.17. The summed E-state index contributed by atoms with van der Waals surface area (Å²) in [6, 6.07) is 16.7. The van der Waals surface area contributed by atoms with E-state index in [1.807, 2.05) is 49.4 Å². The zero-order valence-corrected chi connectivity index (χ0v) is 15.7. The summed E-state index contributed by atoms with van der Waals surface area (Å²) >= 11 is 0. The van der Waals surface area contributed by atoms with Crippen molar-refractivity contribution < 1.29 is 9.59 Å². The molecule has 0 bridgehead atoms. The molecule has 1 aliphatic carbocycles. The van der Waals surface area contributed by atoms with E-state index in [2.05, 4.69) is 10.6 Å². The average molecular weight is 365 g/mol. The standard InChI is InChI=1S/C22H27N3O2/c1-15(24-21(26)14-18-10-6-12-20(18)23)17-9-5-11-19(13-17)25-22(27)16-7-3-2-4-8-16/h2-5,7-9,11,13,15,18,20H,6,10,12,14,23H2,1H3,(H,24,26)(H,25,27)/t15?,18-,20+/m0/s1. The van der Waals surface area contributed by atoms with Gasteiger partial charge in [0.2, 0.25) is 5.91 Å². The molecule has 142 valence electrons. The number of hydrogen-bond acceptors (Lipinski definition) is 3. The lowest BCUT2D eigenvalue weighted by molar-refractivity contribution is -0.122. The van der Waals surface area contributed by atoms with E-state index < -0.39 is 0 Å². The third-order valence-corrected chi connectivity index (χ3v) is 5.22. The van der Waals surface area contributed by atoms with E-state index in [1.54, 1.807) is 12.1 Å². The molecule has 0 heterocycles. The van der Waals surface area contributed by atoms with Gasteiger partial charge < -0.3 is 16.4 Å². The smallest absolute Gasteiger partial charge is 0.255 e. The van der Waals surface area contributed by atoms with Crippen LogP contribution in [0.3, 0.4) is 0 Å². The summed E-state index contributed by atoms with van der Waals surface area (Å²) in [5.74, 6) is 0.164. The zero-order valence-electron chi connectivity index (χ0n) is 15.7. The lowest BCUT2D eigenvalue weighted by Gasteiger charge is -2.19. The minimum atomic E-state index is -0.153. The van der Waals surface area contributed by atoms with E-state index in [0.29, 0.717) is 17.7 Å². The Balaban J connectivity index is 1.59. The number of carbonyl (C=O) groups excluding carboxylic acids is 2. The highest BCUT2D eigenvalue weighted by atomic mass is 16.2. The predicted octanol–water partition coefficient (Wildman–Crippen LogP) is 3.63. The summed E-state index contributed by atoms with van der Waals surface area (Å²) in [5.41, 5.74) is 8.33. The largest absolute Gasteiger partial charge is 0.350 e. The Morgan fingerprint density at radius 1 is 1.11 bits per heavy atom. The molecule has 2 amide bonds. The summed E-state index contributed by atoms with van der Waals surface area (Å²) in [6.45, 7) is 1.95. The van der Waals surface area contributed by atoms with Gasteiger partial charge in [0.15, 0.2) is 0 Å². The second-order valence-electron chi connectivity index (χ2n) is 7.29. The number of amides is 2. The number of carbonyl (C=O) groups is 2. The second-order valence-corrected chi connectivity index (χ2v) is 7.29. The molecule has 0 spiro atoms. The molecule has 4 N–H and O–H groups in total. The van der Waals surface area contributed by atoms with Crippen LogP contribution in [0.4, 0.5) is 5.69 Å². The minimum Gasteiger partial charge on any atom is -0.350 e. The second kappa shape index (κ2) is 8.82. The average Bonchev–Trinajstić information content (AvgIpc) is 3.07. The topological polar surface area (TPSA) is 84.2 Å². The fourth-order valence-corrected chi connectivity index (χ4v) is 3.62. The maximum absolute atomic E-state index is 12.3. The molecule has 1 aliphatic rings. The van der Waals surface area contributed by atoms with Crippen molar-refractivity contribution in [2.45, 2.75) is 44.7 Å². The normalized spacial score (nSPS) is 20.1. The molecule has 1 saturated carbocycles. The number of hydrogen-bond donors (Lipinski definition) is 3. The summed E-state index contributed by atoms with van der Waals surface area (Å²) in [6.07, 6.45) is 3.63. The van der Waals surface area contributed by atoms with Crippen LogP contribution < -0.4 is 16.4 Å². The first-order valence-electron chi connectivity index (χ1n) is 9.54. The van der Waals surface area contributed by atoms with E-state index >= 15 is 0 Å². The first-order chi connectivity index (χ1) is 13.0. The fraction of sp³-hybridized carbons (Fsp3) is 0.364. The van der Waals surface area contributed by atoms with Crippen LogP contribution >= 0.6 is 0 Å². The molecule has 2 aromatic rings. The summed E-state index contributed by atoms with van der Waals surface area (Å²) in [4.78, 5) is 24.6. The van der Waals surface area contributed by atoms with Gasteiger partial charge in [-0.05, 0) is 55.5 Å². The Morgan fingerprint density at radius 2 is 1.89 bits per heavy atom. The molecule has 3 rings (SSSR count). The highest BCUT2D eigenvalue weighted by molar-refractivity contribution is 6.04. The van der Waals surface area contributed by atoms with E-state index in [1.165, 1.54) is 0 Å². The van der Waals surface area contributed by atoms with Gasteiger partial charge in [-0.25, -0.2) is 0 Å². The summed E-state index contributed by atoms with van der Waals surface area (Å²) in [7, 11) is 0. The molecule has 0 radical (unpaired) electrons. The minimum absolute atomic E-state index is 0.0311. The number of benzene rings is 2. The van der Waals surface area contributed by atoms with Crippen molar-refractivity contribution in [1.82, 2.24) is 5.32 Å². The molecular formula is C22H27N3O2. The summed E-state index contributed by atoms with van der Waals surface area (Å²) < 4.78 is 0. The first kappa shape index (κ1) is 19.1. The van der Waals surface area contributed by atoms with Gasteiger partial charge in [0.05, 0.1) is 6.04 Å². The predicted molar refractivity (Wildman–Crippen MR) is 107 cm³/mol. The van der Waals surface area contributed by atoms with Crippen LogP contribution in [0.25, 0.3) is 0 Å². The van der Waals surface area contributed by atoms with Gasteiger partial charge in [0.25, 0.3) is 5.91 Å². The highest BCUT2D eigenvalue weighted by Crippen LogP contribution is 2.27. The van der Waals surface area contributed by atoms with Gasteiger partial charge in [-0.3, -0.25) is 9.59 Å². The van der Waals surface area contributed by atoms with E-state index in [9.17, 15) is 9.59 Å². The number of anilines is 1. The molecule has 3 atom stereocenters. The molecular weight excluding hydrogens is 338 g/mol. The molecule has 2 aromatic carbocycles. The van der Waals surface area contributed by atoms with Crippen molar-refractivity contribution >= 4 is 17.5 Å². The van der Waals surface area contributed by atoms with E-state index in [4.69, 9.17) is 5.73 Å². The Bertz CT molecular complexity index is 791. The van der Waals surface area contributed by atoms with E-state index in [-0.39, 0.29) is 29.8 Å². The van der Waals surface area contributed by atoms with Crippen molar-refractivity contribution in [1.29, 1.82) is 0 Å². The van der Waals surface area contributed by atoms with Gasteiger partial charge >= 0.3 is 0 Å². The van der Waals surface area contributed by atoms with Crippen LogP contribution in [-0.2, 0) is 4.79 Å². The van der Waals surface area contributed by atoms with Gasteiger partial charge in [-0.15, -0.1) is 0 Å². The molecule has 5 nitrogen and oxygen atoms in total. The van der Waals surface area contributed by atoms with Crippen LogP contribution in [0.5, 0.6) is 0 Å².